The maximum absolute atomic E-state index is 13.7. The van der Waals surface area contributed by atoms with Crippen molar-refractivity contribution in [1.82, 2.24) is 0 Å². The Morgan fingerprint density at radius 3 is 2.40 bits per heavy atom. The third kappa shape index (κ3) is 2.31. The molecule has 1 rings (SSSR count). The second-order valence-electron chi connectivity index (χ2n) is 2.71. The fraction of sp³-hybridized carbons (Fsp3) is 0.333. The summed E-state index contributed by atoms with van der Waals surface area (Å²) in [4.78, 5) is 4.41. The minimum Gasteiger partial charge on any atom is -0.493 e. The summed E-state index contributed by atoms with van der Waals surface area (Å²) in [5, 5.41) is 0.142. The van der Waals surface area contributed by atoms with Gasteiger partial charge in [0.15, 0.2) is 11.5 Å². The van der Waals surface area contributed by atoms with Crippen molar-refractivity contribution in [2.75, 3.05) is 14.2 Å². The van der Waals surface area contributed by atoms with Crippen LogP contribution < -0.4 is 15.4 Å². The van der Waals surface area contributed by atoms with E-state index in [2.05, 4.69) is 4.84 Å². The maximum Gasteiger partial charge on any atom is 0.208 e. The highest BCUT2D eigenvalue weighted by molar-refractivity contribution is 6.32. The Bertz CT molecular complexity index is 360. The first-order chi connectivity index (χ1) is 7.15. The van der Waals surface area contributed by atoms with Crippen LogP contribution in [0.1, 0.15) is 5.56 Å². The zero-order valence-corrected chi connectivity index (χ0v) is 9.10. The number of ether oxygens (including phenoxy) is 2. The first-order valence-electron chi connectivity index (χ1n) is 4.06. The lowest BCUT2D eigenvalue weighted by molar-refractivity contribution is 0.121. The lowest BCUT2D eigenvalue weighted by atomic mass is 10.2. The third-order valence-corrected chi connectivity index (χ3v) is 2.14. The van der Waals surface area contributed by atoms with Gasteiger partial charge >= 0.3 is 0 Å². The van der Waals surface area contributed by atoms with Gasteiger partial charge in [0.1, 0.15) is 0 Å². The molecule has 0 aliphatic carbocycles. The first kappa shape index (κ1) is 12.0. The van der Waals surface area contributed by atoms with Crippen molar-refractivity contribution < 1.29 is 18.7 Å². The number of rotatable bonds is 4. The molecule has 0 heterocycles. The summed E-state index contributed by atoms with van der Waals surface area (Å²) < 4.78 is 23.4. The minimum atomic E-state index is -0.667. The Morgan fingerprint density at radius 2 is 1.93 bits per heavy atom. The van der Waals surface area contributed by atoms with E-state index in [-0.39, 0.29) is 23.1 Å². The summed E-state index contributed by atoms with van der Waals surface area (Å²) in [5.41, 5.74) is 0.420. The Hall–Kier alpha value is -1.04. The predicted octanol–water partition coefficient (Wildman–Crippen LogP) is 1.89. The second-order valence-corrected chi connectivity index (χ2v) is 3.12. The standard InChI is InChI=1S/C9H11ClFNO3/c1-13-8-5(4-15-12)3-6(10)9(14-2)7(8)11/h3H,4,12H2,1-2H3. The van der Waals surface area contributed by atoms with Gasteiger partial charge in [0.2, 0.25) is 5.82 Å². The molecule has 2 N–H and O–H groups in total. The quantitative estimate of drug-likeness (QED) is 0.810. The number of hydrogen-bond donors (Lipinski definition) is 1. The molecule has 0 radical (unpaired) electrons. The average molecular weight is 236 g/mol. The number of hydrogen-bond acceptors (Lipinski definition) is 4. The highest BCUT2D eigenvalue weighted by Crippen LogP contribution is 2.37. The molecule has 0 amide bonds. The normalized spacial score (nSPS) is 10.2. The van der Waals surface area contributed by atoms with Gasteiger partial charge in [-0.25, -0.2) is 5.90 Å². The highest BCUT2D eigenvalue weighted by atomic mass is 35.5. The van der Waals surface area contributed by atoms with Crippen molar-refractivity contribution in [3.05, 3.63) is 22.5 Å². The Balaban J connectivity index is 3.30. The van der Waals surface area contributed by atoms with E-state index < -0.39 is 5.82 Å². The Labute approximate surface area is 91.6 Å². The van der Waals surface area contributed by atoms with E-state index in [0.29, 0.717) is 5.56 Å². The SMILES string of the molecule is COc1c(Cl)cc(CON)c(OC)c1F. The maximum atomic E-state index is 13.7. The van der Waals surface area contributed by atoms with Crippen molar-refractivity contribution in [3.8, 4) is 11.5 Å². The molecule has 0 fully saturated rings. The highest BCUT2D eigenvalue weighted by Gasteiger charge is 2.18. The number of halogens is 2. The van der Waals surface area contributed by atoms with E-state index in [1.165, 1.54) is 20.3 Å². The van der Waals surface area contributed by atoms with E-state index in [1.54, 1.807) is 0 Å². The molecular formula is C9H11ClFNO3. The summed E-state index contributed by atoms with van der Waals surface area (Å²) in [5.74, 6) is 4.19. The molecule has 0 saturated carbocycles. The molecule has 0 bridgehead atoms. The molecule has 4 nitrogen and oxygen atoms in total. The van der Waals surface area contributed by atoms with Crippen molar-refractivity contribution in [2.24, 2.45) is 5.90 Å². The van der Waals surface area contributed by atoms with Crippen LogP contribution in [-0.4, -0.2) is 14.2 Å². The van der Waals surface area contributed by atoms with Crippen LogP contribution in [0.3, 0.4) is 0 Å². The van der Waals surface area contributed by atoms with Crippen LogP contribution in [0.5, 0.6) is 11.5 Å². The van der Waals surface area contributed by atoms with Crippen LogP contribution in [-0.2, 0) is 11.4 Å². The molecule has 0 aliphatic rings. The zero-order valence-electron chi connectivity index (χ0n) is 8.34. The monoisotopic (exact) mass is 235 g/mol. The molecule has 0 atom stereocenters. The van der Waals surface area contributed by atoms with Crippen molar-refractivity contribution in [3.63, 3.8) is 0 Å². The molecule has 15 heavy (non-hydrogen) atoms. The zero-order chi connectivity index (χ0) is 11.4. The summed E-state index contributed by atoms with van der Waals surface area (Å²) in [6.45, 7) is 0.00378. The Morgan fingerprint density at radius 1 is 1.33 bits per heavy atom. The van der Waals surface area contributed by atoms with E-state index in [9.17, 15) is 4.39 Å². The smallest absolute Gasteiger partial charge is 0.208 e. The molecule has 0 spiro atoms. The van der Waals surface area contributed by atoms with Gasteiger partial charge < -0.3 is 9.47 Å². The third-order valence-electron chi connectivity index (χ3n) is 1.86. The minimum absolute atomic E-state index is 0.00378. The average Bonchev–Trinajstić information content (AvgIpc) is 2.19. The molecule has 84 valence electrons. The number of benzene rings is 1. The summed E-state index contributed by atoms with van der Waals surface area (Å²) in [6, 6.07) is 1.48. The van der Waals surface area contributed by atoms with E-state index in [4.69, 9.17) is 27.0 Å². The molecule has 0 aromatic heterocycles. The van der Waals surface area contributed by atoms with Gasteiger partial charge in [-0.3, -0.25) is 4.84 Å². The van der Waals surface area contributed by atoms with Gasteiger partial charge in [-0.2, -0.15) is 4.39 Å². The van der Waals surface area contributed by atoms with Gasteiger partial charge in [0.05, 0.1) is 25.8 Å². The van der Waals surface area contributed by atoms with Crippen LogP contribution >= 0.6 is 11.6 Å². The number of methoxy groups -OCH3 is 2. The topological polar surface area (TPSA) is 53.7 Å². The fourth-order valence-electron chi connectivity index (χ4n) is 1.24. The van der Waals surface area contributed by atoms with Gasteiger partial charge in [0, 0.05) is 5.56 Å². The second kappa shape index (κ2) is 5.16. The molecule has 1 aromatic rings. The molecule has 0 saturated heterocycles. The summed E-state index contributed by atoms with van der Waals surface area (Å²) in [6.07, 6.45) is 0. The van der Waals surface area contributed by atoms with Crippen LogP contribution in [0.15, 0.2) is 6.07 Å². The molecule has 0 aliphatic heterocycles. The molecular weight excluding hydrogens is 225 g/mol. The van der Waals surface area contributed by atoms with Crippen LogP contribution in [0, 0.1) is 5.82 Å². The van der Waals surface area contributed by atoms with Gasteiger partial charge in [-0.15, -0.1) is 0 Å². The lowest BCUT2D eigenvalue weighted by Gasteiger charge is -2.12. The van der Waals surface area contributed by atoms with Crippen LogP contribution in [0.2, 0.25) is 5.02 Å². The molecule has 1 aromatic carbocycles. The van der Waals surface area contributed by atoms with E-state index in [0.717, 1.165) is 0 Å². The fourth-order valence-corrected chi connectivity index (χ4v) is 1.53. The Kier molecular flexibility index (Phi) is 4.14. The predicted molar refractivity (Wildman–Crippen MR) is 53.5 cm³/mol. The molecule has 6 heteroatoms. The van der Waals surface area contributed by atoms with Crippen LogP contribution in [0.25, 0.3) is 0 Å². The van der Waals surface area contributed by atoms with E-state index >= 15 is 0 Å². The van der Waals surface area contributed by atoms with Crippen molar-refractivity contribution in [1.29, 1.82) is 0 Å². The van der Waals surface area contributed by atoms with Crippen molar-refractivity contribution in [2.45, 2.75) is 6.61 Å². The number of nitrogens with two attached hydrogens (primary N) is 1. The molecule has 0 unspecified atom stereocenters. The lowest BCUT2D eigenvalue weighted by Crippen LogP contribution is -2.04. The first-order valence-corrected chi connectivity index (χ1v) is 4.44. The van der Waals surface area contributed by atoms with E-state index in [1.807, 2.05) is 0 Å². The van der Waals surface area contributed by atoms with Gasteiger partial charge in [-0.05, 0) is 6.07 Å². The summed E-state index contributed by atoms with van der Waals surface area (Å²) in [7, 11) is 2.66. The van der Waals surface area contributed by atoms with Crippen LogP contribution in [0.4, 0.5) is 4.39 Å². The largest absolute Gasteiger partial charge is 0.493 e. The van der Waals surface area contributed by atoms with Gasteiger partial charge in [-0.1, -0.05) is 11.6 Å². The summed E-state index contributed by atoms with van der Waals surface area (Å²) >= 11 is 5.78. The van der Waals surface area contributed by atoms with Gasteiger partial charge in [0.25, 0.3) is 0 Å². The van der Waals surface area contributed by atoms with Crippen molar-refractivity contribution >= 4 is 11.6 Å².